The van der Waals surface area contributed by atoms with Crippen LogP contribution >= 0.6 is 0 Å². The Morgan fingerprint density at radius 2 is 1.82 bits per heavy atom. The molecule has 1 aromatic carbocycles. The number of rotatable bonds is 2. The molecule has 0 aliphatic carbocycles. The van der Waals surface area contributed by atoms with Gasteiger partial charge in [-0.3, -0.25) is 4.98 Å². The highest BCUT2D eigenvalue weighted by Gasteiger charge is 2.41. The second-order valence-corrected chi connectivity index (χ2v) is 3.57. The molecule has 2 aromatic rings. The summed E-state index contributed by atoms with van der Waals surface area (Å²) < 4.78 is 39.2. The summed E-state index contributed by atoms with van der Waals surface area (Å²) in [6.07, 6.45) is -0.875. The van der Waals surface area contributed by atoms with Gasteiger partial charge in [0.25, 0.3) is 0 Å². The Hall–Kier alpha value is -1.91. The van der Waals surface area contributed by atoms with Gasteiger partial charge in [0.05, 0.1) is 6.20 Å². The van der Waals surface area contributed by atoms with Gasteiger partial charge >= 0.3 is 11.9 Å². The largest absolute Gasteiger partial charge is 0.479 e. The van der Waals surface area contributed by atoms with Crippen LogP contribution in [0.25, 0.3) is 0 Å². The van der Waals surface area contributed by atoms with Gasteiger partial charge < -0.3 is 0 Å². The molecule has 0 bridgehead atoms. The number of alkyl halides is 3. The number of hydrogen-bond acceptors (Lipinski definition) is 1. The van der Waals surface area contributed by atoms with Crippen molar-refractivity contribution in [3.63, 3.8) is 0 Å². The lowest BCUT2D eigenvalue weighted by molar-refractivity contribution is -0.707. The molecule has 17 heavy (non-hydrogen) atoms. The van der Waals surface area contributed by atoms with Crippen LogP contribution in [-0.4, -0.2) is 4.98 Å². The van der Waals surface area contributed by atoms with Crippen LogP contribution in [0, 0.1) is 0 Å². The second-order valence-electron chi connectivity index (χ2n) is 3.57. The zero-order valence-electron chi connectivity index (χ0n) is 8.85. The maximum Gasteiger partial charge on any atom is 0.479 e. The lowest BCUT2D eigenvalue weighted by Gasteiger charge is -2.06. The monoisotopic (exact) mass is 239 g/mol. The van der Waals surface area contributed by atoms with E-state index in [1.54, 1.807) is 24.3 Å². The van der Waals surface area contributed by atoms with E-state index >= 15 is 0 Å². The summed E-state index contributed by atoms with van der Waals surface area (Å²) in [5.41, 5.74) is 0.0676. The van der Waals surface area contributed by atoms with E-state index in [4.69, 9.17) is 0 Å². The lowest BCUT2D eigenvalue weighted by atomic mass is 10.2. The third-order valence-electron chi connectivity index (χ3n) is 2.33. The van der Waals surface area contributed by atoms with Crippen molar-refractivity contribution in [2.75, 3.05) is 0 Å². The summed E-state index contributed by atoms with van der Waals surface area (Å²) in [4.78, 5) is 3.51. The predicted octanol–water partition coefficient (Wildman–Crippen LogP) is 2.44. The Balaban J connectivity index is 2.34. The fourth-order valence-electron chi connectivity index (χ4n) is 1.54. The number of aromatic nitrogens is 2. The minimum Gasteiger partial charge on any atom is -0.252 e. The van der Waals surface area contributed by atoms with Crippen LogP contribution in [0.15, 0.2) is 48.9 Å². The summed E-state index contributed by atoms with van der Waals surface area (Å²) in [6.45, 7) is 0.179. The third kappa shape index (κ3) is 2.81. The van der Waals surface area contributed by atoms with Gasteiger partial charge in [0.2, 0.25) is 0 Å². The van der Waals surface area contributed by atoms with Crippen molar-refractivity contribution in [2.24, 2.45) is 0 Å². The molecule has 2 rings (SSSR count). The van der Waals surface area contributed by atoms with Crippen molar-refractivity contribution in [3.05, 3.63) is 60.2 Å². The molecule has 0 unspecified atom stereocenters. The van der Waals surface area contributed by atoms with E-state index in [0.717, 1.165) is 16.3 Å². The zero-order valence-corrected chi connectivity index (χ0v) is 8.85. The van der Waals surface area contributed by atoms with Crippen LogP contribution in [0.4, 0.5) is 13.2 Å². The Bertz CT molecular complexity index is 495. The summed E-state index contributed by atoms with van der Waals surface area (Å²) >= 11 is 0. The summed E-state index contributed by atoms with van der Waals surface area (Å²) in [6, 6.07) is 8.99. The molecule has 0 atom stereocenters. The highest BCUT2D eigenvalue weighted by atomic mass is 19.4. The van der Waals surface area contributed by atoms with Crippen LogP contribution in [0.5, 0.6) is 0 Å². The molecule has 1 aromatic heterocycles. The summed E-state index contributed by atoms with van der Waals surface area (Å²) in [5, 5.41) is 0. The van der Waals surface area contributed by atoms with Crippen LogP contribution in [0.1, 0.15) is 11.3 Å². The molecule has 0 saturated heterocycles. The lowest BCUT2D eigenvalue weighted by Crippen LogP contribution is -2.42. The van der Waals surface area contributed by atoms with Gasteiger partial charge in [0.15, 0.2) is 12.7 Å². The first-order valence-electron chi connectivity index (χ1n) is 5.02. The Labute approximate surface area is 96.4 Å². The second kappa shape index (κ2) is 4.53. The van der Waals surface area contributed by atoms with E-state index in [2.05, 4.69) is 4.98 Å². The highest BCUT2D eigenvalue weighted by molar-refractivity contribution is 5.13. The summed E-state index contributed by atoms with van der Waals surface area (Å²) in [7, 11) is 0. The number of benzene rings is 1. The molecular weight excluding hydrogens is 229 g/mol. The number of hydrogen-bond donors (Lipinski definition) is 0. The van der Waals surface area contributed by atoms with E-state index < -0.39 is 11.9 Å². The van der Waals surface area contributed by atoms with Crippen LogP contribution in [-0.2, 0) is 12.7 Å². The molecule has 88 valence electrons. The number of nitrogens with zero attached hydrogens (tertiary/aromatic N) is 2. The average Bonchev–Trinajstić information content (AvgIpc) is 2.30. The van der Waals surface area contributed by atoms with E-state index in [1.165, 1.54) is 12.4 Å². The third-order valence-corrected chi connectivity index (χ3v) is 2.33. The molecule has 0 fully saturated rings. The van der Waals surface area contributed by atoms with Crippen molar-refractivity contribution in [1.82, 2.24) is 4.98 Å². The molecule has 2 nitrogen and oxygen atoms in total. The maximum absolute atomic E-state index is 12.7. The van der Waals surface area contributed by atoms with E-state index in [0.29, 0.717) is 0 Å². The number of halogens is 3. The normalized spacial score (nSPS) is 11.5. The van der Waals surface area contributed by atoms with Gasteiger partial charge in [-0.25, -0.2) is 0 Å². The van der Waals surface area contributed by atoms with Crippen LogP contribution in [0.2, 0.25) is 0 Å². The zero-order chi connectivity index (χ0) is 12.3. The van der Waals surface area contributed by atoms with Crippen molar-refractivity contribution in [3.8, 4) is 0 Å². The first-order chi connectivity index (χ1) is 8.07. The van der Waals surface area contributed by atoms with Gasteiger partial charge in [0, 0.05) is 5.56 Å². The van der Waals surface area contributed by atoms with Gasteiger partial charge in [-0.15, -0.1) is 0 Å². The Morgan fingerprint density at radius 3 is 2.47 bits per heavy atom. The van der Waals surface area contributed by atoms with E-state index in [-0.39, 0.29) is 6.54 Å². The first kappa shape index (κ1) is 11.6. The van der Waals surface area contributed by atoms with Gasteiger partial charge in [-0.1, -0.05) is 30.3 Å². The van der Waals surface area contributed by atoms with Crippen molar-refractivity contribution in [2.45, 2.75) is 12.7 Å². The molecule has 5 heteroatoms. The smallest absolute Gasteiger partial charge is 0.252 e. The fourth-order valence-corrected chi connectivity index (χ4v) is 1.54. The molecule has 0 saturated carbocycles. The highest BCUT2D eigenvalue weighted by Crippen LogP contribution is 2.25. The predicted molar refractivity (Wildman–Crippen MR) is 55.0 cm³/mol. The Morgan fingerprint density at radius 1 is 1.12 bits per heavy atom. The molecule has 1 heterocycles. The van der Waals surface area contributed by atoms with E-state index in [1.807, 2.05) is 6.07 Å². The minimum atomic E-state index is -4.39. The van der Waals surface area contributed by atoms with Crippen LogP contribution in [0.3, 0.4) is 0 Å². The van der Waals surface area contributed by atoms with Crippen molar-refractivity contribution < 1.29 is 17.7 Å². The van der Waals surface area contributed by atoms with Gasteiger partial charge in [-0.2, -0.15) is 17.7 Å². The summed E-state index contributed by atoms with van der Waals surface area (Å²) in [5.74, 6) is 0. The SMILES string of the molecule is FC(F)(F)c1cncc[n+]1Cc1ccccc1. The molecule has 0 N–H and O–H groups in total. The quantitative estimate of drug-likeness (QED) is 0.735. The van der Waals surface area contributed by atoms with E-state index in [9.17, 15) is 13.2 Å². The molecular formula is C12H10F3N2+. The van der Waals surface area contributed by atoms with Crippen molar-refractivity contribution in [1.29, 1.82) is 0 Å². The molecule has 0 aliphatic heterocycles. The standard InChI is InChI=1S/C12H10F3N2/c13-12(14,15)11-8-16-6-7-17(11)9-10-4-2-1-3-5-10/h1-8H,9H2/q+1. The van der Waals surface area contributed by atoms with Gasteiger partial charge in [0.1, 0.15) is 6.20 Å². The molecule has 0 amide bonds. The first-order valence-corrected chi connectivity index (χ1v) is 5.02. The minimum absolute atomic E-state index is 0.179. The topological polar surface area (TPSA) is 16.8 Å². The van der Waals surface area contributed by atoms with Crippen LogP contribution < -0.4 is 4.57 Å². The average molecular weight is 239 g/mol. The van der Waals surface area contributed by atoms with Gasteiger partial charge in [-0.05, 0) is 0 Å². The molecule has 0 radical (unpaired) electrons. The molecule has 0 spiro atoms. The molecule has 0 aliphatic rings. The fraction of sp³-hybridized carbons (Fsp3) is 0.167. The van der Waals surface area contributed by atoms with Crippen molar-refractivity contribution >= 4 is 0 Å². The Kier molecular flexibility index (Phi) is 3.08. The maximum atomic E-state index is 12.7.